The Balaban J connectivity index is 2.63. The third kappa shape index (κ3) is 7.06. The Bertz CT molecular complexity index is 668. The molecule has 0 aliphatic heterocycles. The number of allylic oxidation sites excluding steroid dienone is 4. The lowest BCUT2D eigenvalue weighted by Gasteiger charge is -2.25. The third-order valence-corrected chi connectivity index (χ3v) is 4.66. The van der Waals surface area contributed by atoms with Gasteiger partial charge >= 0.3 is 0 Å². The third-order valence-electron chi connectivity index (χ3n) is 4.36. The Labute approximate surface area is 161 Å². The van der Waals surface area contributed by atoms with E-state index in [0.29, 0.717) is 18.0 Å². The highest BCUT2D eigenvalue weighted by Crippen LogP contribution is 2.24. The van der Waals surface area contributed by atoms with E-state index >= 15 is 0 Å². The highest BCUT2D eigenvalue weighted by molar-refractivity contribution is 6.32. The van der Waals surface area contributed by atoms with Crippen LogP contribution in [0.15, 0.2) is 55.2 Å². The van der Waals surface area contributed by atoms with Crippen LogP contribution >= 0.6 is 11.6 Å². The first-order valence-electron chi connectivity index (χ1n) is 8.64. The zero-order chi connectivity index (χ0) is 19.7. The number of halogens is 1. The minimum Gasteiger partial charge on any atom is -0.506 e. The minimum absolute atomic E-state index is 0.00454. The molecule has 0 aliphatic rings. The van der Waals surface area contributed by atoms with Crippen molar-refractivity contribution in [3.8, 4) is 5.75 Å². The van der Waals surface area contributed by atoms with Crippen LogP contribution in [0, 0.1) is 5.92 Å². The molecule has 0 saturated heterocycles. The summed E-state index contributed by atoms with van der Waals surface area (Å²) in [4.78, 5) is 14.4. The number of phenolic OH excluding ortho intramolecular Hbond substituents is 1. The van der Waals surface area contributed by atoms with Crippen molar-refractivity contribution in [1.82, 2.24) is 10.2 Å². The fourth-order valence-electron chi connectivity index (χ4n) is 2.66. The van der Waals surface area contributed by atoms with Crippen molar-refractivity contribution in [1.29, 1.82) is 0 Å². The van der Waals surface area contributed by atoms with E-state index in [9.17, 15) is 9.90 Å². The Morgan fingerprint density at radius 2 is 2.08 bits per heavy atom. The van der Waals surface area contributed by atoms with Crippen LogP contribution in [-0.2, 0) is 11.2 Å². The molecule has 26 heavy (non-hydrogen) atoms. The molecule has 1 rings (SSSR count). The van der Waals surface area contributed by atoms with Crippen LogP contribution in [0.2, 0.25) is 5.02 Å². The molecule has 0 aliphatic carbocycles. The highest BCUT2D eigenvalue weighted by atomic mass is 35.5. The SMILES string of the molecule is C=C/C=C(\C=C)C(C)CC(=O)NCC(Cc1ccc(O)c(Cl)c1)N(C)C. The second-order valence-corrected chi connectivity index (χ2v) is 7.03. The summed E-state index contributed by atoms with van der Waals surface area (Å²) in [5, 5.41) is 12.9. The predicted octanol–water partition coefficient (Wildman–Crippen LogP) is 3.96. The molecule has 0 bridgehead atoms. The number of aromatic hydroxyl groups is 1. The number of benzene rings is 1. The normalized spacial score (nSPS) is 14.0. The van der Waals surface area contributed by atoms with Gasteiger partial charge in [0.2, 0.25) is 5.91 Å². The average molecular weight is 377 g/mol. The maximum absolute atomic E-state index is 12.3. The van der Waals surface area contributed by atoms with Crippen LogP contribution in [0.4, 0.5) is 0 Å². The van der Waals surface area contributed by atoms with Gasteiger partial charge in [0.1, 0.15) is 5.75 Å². The fourth-order valence-corrected chi connectivity index (χ4v) is 2.86. The van der Waals surface area contributed by atoms with Gasteiger partial charge in [0.15, 0.2) is 0 Å². The molecular formula is C21H29ClN2O2. The lowest BCUT2D eigenvalue weighted by atomic mass is 9.96. The smallest absolute Gasteiger partial charge is 0.220 e. The summed E-state index contributed by atoms with van der Waals surface area (Å²) in [6, 6.07) is 5.32. The molecule has 2 N–H and O–H groups in total. The van der Waals surface area contributed by atoms with E-state index in [0.717, 1.165) is 17.6 Å². The van der Waals surface area contributed by atoms with Crippen LogP contribution in [0.1, 0.15) is 18.9 Å². The van der Waals surface area contributed by atoms with Crippen LogP contribution in [-0.4, -0.2) is 42.6 Å². The summed E-state index contributed by atoms with van der Waals surface area (Å²) >= 11 is 5.98. The molecule has 0 spiro atoms. The van der Waals surface area contributed by atoms with E-state index in [1.165, 1.54) is 0 Å². The van der Waals surface area contributed by atoms with E-state index in [-0.39, 0.29) is 23.6 Å². The van der Waals surface area contributed by atoms with Crippen LogP contribution < -0.4 is 5.32 Å². The standard InChI is InChI=1S/C21H29ClN2O2/c1-6-8-17(7-2)15(3)11-21(26)23-14-18(24(4)5)12-16-9-10-20(25)19(22)13-16/h6-10,13,15,18,25H,1-2,11-12,14H2,3-5H3,(H,23,26)/b17-8+. The van der Waals surface area contributed by atoms with Gasteiger partial charge in [-0.3, -0.25) is 4.79 Å². The van der Waals surface area contributed by atoms with Crippen LogP contribution in [0.3, 0.4) is 0 Å². The summed E-state index contributed by atoms with van der Waals surface area (Å²) < 4.78 is 0. The van der Waals surface area contributed by atoms with E-state index in [2.05, 4.69) is 23.4 Å². The van der Waals surface area contributed by atoms with Crippen LogP contribution in [0.25, 0.3) is 0 Å². The molecule has 142 valence electrons. The molecule has 0 heterocycles. The summed E-state index contributed by atoms with van der Waals surface area (Å²) in [7, 11) is 3.95. The quantitative estimate of drug-likeness (QED) is 0.608. The number of amides is 1. The number of likely N-dealkylation sites (N-methyl/N-ethyl adjacent to an activating group) is 1. The number of phenols is 1. The van der Waals surface area contributed by atoms with Crippen molar-refractivity contribution in [3.05, 3.63) is 65.7 Å². The van der Waals surface area contributed by atoms with E-state index in [1.54, 1.807) is 24.3 Å². The lowest BCUT2D eigenvalue weighted by Crippen LogP contribution is -2.42. The van der Waals surface area contributed by atoms with Gasteiger partial charge in [0.25, 0.3) is 0 Å². The summed E-state index contributed by atoms with van der Waals surface area (Å²) in [6.07, 6.45) is 6.46. The Morgan fingerprint density at radius 1 is 1.38 bits per heavy atom. The van der Waals surface area contributed by atoms with E-state index in [1.807, 2.05) is 33.2 Å². The molecule has 2 unspecified atom stereocenters. The van der Waals surface area contributed by atoms with Crippen molar-refractivity contribution in [3.63, 3.8) is 0 Å². The lowest BCUT2D eigenvalue weighted by molar-refractivity contribution is -0.121. The van der Waals surface area contributed by atoms with Crippen molar-refractivity contribution in [2.24, 2.45) is 5.92 Å². The second-order valence-electron chi connectivity index (χ2n) is 6.62. The molecule has 0 saturated carbocycles. The molecule has 4 nitrogen and oxygen atoms in total. The molecule has 2 atom stereocenters. The number of carbonyl (C=O) groups is 1. The average Bonchev–Trinajstić information content (AvgIpc) is 2.59. The molecule has 5 heteroatoms. The van der Waals surface area contributed by atoms with Crippen molar-refractivity contribution < 1.29 is 9.90 Å². The number of nitrogens with one attached hydrogen (secondary N) is 1. The van der Waals surface area contributed by atoms with Gasteiger partial charge in [0, 0.05) is 19.0 Å². The fraction of sp³-hybridized carbons (Fsp3) is 0.381. The zero-order valence-electron chi connectivity index (χ0n) is 15.8. The maximum Gasteiger partial charge on any atom is 0.220 e. The summed E-state index contributed by atoms with van der Waals surface area (Å²) in [5.41, 5.74) is 2.01. The first-order valence-corrected chi connectivity index (χ1v) is 9.01. The first-order chi connectivity index (χ1) is 12.3. The number of carbonyl (C=O) groups excluding carboxylic acids is 1. The van der Waals surface area contributed by atoms with Gasteiger partial charge in [-0.05, 0) is 49.7 Å². The summed E-state index contributed by atoms with van der Waals surface area (Å²) in [5.74, 6) is 0.161. The maximum atomic E-state index is 12.3. The number of nitrogens with zero attached hydrogens (tertiary/aromatic N) is 1. The van der Waals surface area contributed by atoms with Crippen molar-refractivity contribution in [2.45, 2.75) is 25.8 Å². The highest BCUT2D eigenvalue weighted by Gasteiger charge is 2.16. The van der Waals surface area contributed by atoms with Crippen LogP contribution in [0.5, 0.6) is 5.75 Å². The Morgan fingerprint density at radius 3 is 2.62 bits per heavy atom. The monoisotopic (exact) mass is 376 g/mol. The Hall–Kier alpha value is -2.04. The minimum atomic E-state index is 0.00454. The first kappa shape index (κ1) is 22.0. The van der Waals surface area contributed by atoms with Gasteiger partial charge in [-0.1, -0.05) is 56.0 Å². The molecule has 0 radical (unpaired) electrons. The largest absolute Gasteiger partial charge is 0.506 e. The van der Waals surface area contributed by atoms with Gasteiger partial charge in [-0.25, -0.2) is 0 Å². The molecule has 1 aromatic carbocycles. The molecular weight excluding hydrogens is 348 g/mol. The topological polar surface area (TPSA) is 52.6 Å². The predicted molar refractivity (Wildman–Crippen MR) is 110 cm³/mol. The van der Waals surface area contributed by atoms with Gasteiger partial charge in [-0.2, -0.15) is 0 Å². The van der Waals surface area contributed by atoms with E-state index in [4.69, 9.17) is 11.6 Å². The van der Waals surface area contributed by atoms with Crippen molar-refractivity contribution >= 4 is 17.5 Å². The van der Waals surface area contributed by atoms with Gasteiger partial charge < -0.3 is 15.3 Å². The van der Waals surface area contributed by atoms with Gasteiger partial charge in [-0.15, -0.1) is 0 Å². The van der Waals surface area contributed by atoms with Crippen molar-refractivity contribution in [2.75, 3.05) is 20.6 Å². The zero-order valence-corrected chi connectivity index (χ0v) is 16.6. The number of rotatable bonds is 10. The molecule has 0 fully saturated rings. The van der Waals surface area contributed by atoms with Gasteiger partial charge in [0.05, 0.1) is 5.02 Å². The molecule has 0 aromatic heterocycles. The van der Waals surface area contributed by atoms with E-state index < -0.39 is 0 Å². The number of hydrogen-bond acceptors (Lipinski definition) is 3. The molecule has 1 amide bonds. The second kappa shape index (κ2) is 10.8. The number of hydrogen-bond donors (Lipinski definition) is 2. The summed E-state index contributed by atoms with van der Waals surface area (Å²) in [6.45, 7) is 10.00. The molecule has 1 aromatic rings. The Kier molecular flexibility index (Phi) is 9.17.